The van der Waals surface area contributed by atoms with Gasteiger partial charge in [-0.15, -0.1) is 0 Å². The van der Waals surface area contributed by atoms with Crippen LogP contribution >= 0.6 is 0 Å². The van der Waals surface area contributed by atoms with E-state index in [1.54, 1.807) is 72.8 Å². The third kappa shape index (κ3) is 6.04. The van der Waals surface area contributed by atoms with Gasteiger partial charge in [-0.2, -0.15) is 0 Å². The maximum Gasteiger partial charge on any atom is 0.266 e. The molecule has 268 valence electrons. The van der Waals surface area contributed by atoms with Crippen LogP contribution in [-0.4, -0.2) is 29.9 Å². The third-order valence-electron chi connectivity index (χ3n) is 10.1. The first-order chi connectivity index (χ1) is 26.0. The Hall–Kier alpha value is -6.71. The van der Waals surface area contributed by atoms with Crippen molar-refractivity contribution < 1.29 is 33.7 Å². The number of hydrogen-bond donors (Lipinski definition) is 1. The second-order valence-electron chi connectivity index (χ2n) is 13.9. The fourth-order valence-electron chi connectivity index (χ4n) is 6.97. The van der Waals surface area contributed by atoms with Crippen molar-refractivity contribution >= 4 is 29.1 Å². The molecule has 1 unspecified atom stereocenters. The van der Waals surface area contributed by atoms with Crippen LogP contribution in [0.2, 0.25) is 0 Å². The summed E-state index contributed by atoms with van der Waals surface area (Å²) in [7, 11) is 1.52. The molecule has 6 aromatic carbocycles. The topological polar surface area (TPSA) is 106 Å². The predicted molar refractivity (Wildman–Crippen MR) is 205 cm³/mol. The van der Waals surface area contributed by atoms with E-state index in [9.17, 15) is 19.5 Å². The van der Waals surface area contributed by atoms with E-state index in [2.05, 4.69) is 13.8 Å². The highest BCUT2D eigenvalue weighted by Gasteiger charge is 2.38. The summed E-state index contributed by atoms with van der Waals surface area (Å²) < 4.78 is 17.4. The second-order valence-corrected chi connectivity index (χ2v) is 13.9. The zero-order valence-corrected chi connectivity index (χ0v) is 30.1. The molecule has 0 bridgehead atoms. The lowest BCUT2D eigenvalue weighted by Gasteiger charge is -2.26. The first-order valence-corrected chi connectivity index (χ1v) is 17.5. The average Bonchev–Trinajstić information content (AvgIpc) is 3.58. The van der Waals surface area contributed by atoms with E-state index in [1.165, 1.54) is 12.0 Å². The van der Waals surface area contributed by atoms with Crippen LogP contribution < -0.4 is 24.0 Å². The Kier molecular flexibility index (Phi) is 8.51. The number of carbonyl (C=O) groups excluding carboxylic acids is 3. The van der Waals surface area contributed by atoms with Crippen molar-refractivity contribution in [2.24, 2.45) is 0 Å². The molecule has 0 aromatic heterocycles. The van der Waals surface area contributed by atoms with Gasteiger partial charge in [-0.3, -0.25) is 19.3 Å². The van der Waals surface area contributed by atoms with Crippen LogP contribution in [0.25, 0.3) is 0 Å². The lowest BCUT2D eigenvalue weighted by molar-refractivity contribution is 0.0917. The number of ether oxygens (including phenoxy) is 3. The summed E-state index contributed by atoms with van der Waals surface area (Å²) >= 11 is 0. The maximum atomic E-state index is 13.1. The Labute approximate surface area is 312 Å². The summed E-state index contributed by atoms with van der Waals surface area (Å²) in [4.78, 5) is 41.6. The molecule has 8 rings (SSSR count). The van der Waals surface area contributed by atoms with Crippen LogP contribution in [-0.2, 0) is 5.41 Å². The quantitative estimate of drug-likeness (QED) is 0.149. The first kappa shape index (κ1) is 34.4. The molecule has 3 amide bonds. The highest BCUT2D eigenvalue weighted by Crippen LogP contribution is 2.39. The monoisotopic (exact) mass is 716 g/mol. The molecule has 0 saturated heterocycles. The summed E-state index contributed by atoms with van der Waals surface area (Å²) in [6.45, 7) is 6.24. The van der Waals surface area contributed by atoms with E-state index >= 15 is 0 Å². The van der Waals surface area contributed by atoms with E-state index in [0.717, 1.165) is 21.6 Å². The molecule has 2 heterocycles. The molecule has 1 N–H and O–H groups in total. The van der Waals surface area contributed by atoms with Crippen molar-refractivity contribution in [3.8, 4) is 28.7 Å². The van der Waals surface area contributed by atoms with Gasteiger partial charge in [-0.05, 0) is 115 Å². The summed E-state index contributed by atoms with van der Waals surface area (Å²) in [5.74, 6) is 2.00. The third-order valence-corrected chi connectivity index (χ3v) is 10.1. The number of aliphatic hydroxyl groups excluding tert-OH is 1. The Morgan fingerprint density at radius 3 is 1.54 bits per heavy atom. The SMILES string of the molecule is COc1ccc2c(c1)C(=O)N(c1ccc(Oc3ccc(C(C)(C)c4ccc(Oc5ccc(N6C(=O)c7ccc(C)cc7C6O)cc5)cc4)cc3)cc1)C2=O. The Morgan fingerprint density at radius 1 is 0.537 bits per heavy atom. The molecular weight excluding hydrogens is 681 g/mol. The molecule has 54 heavy (non-hydrogen) atoms. The van der Waals surface area contributed by atoms with E-state index in [4.69, 9.17) is 14.2 Å². The van der Waals surface area contributed by atoms with Crippen LogP contribution in [0.5, 0.6) is 28.7 Å². The molecule has 2 aliphatic heterocycles. The van der Waals surface area contributed by atoms with Crippen LogP contribution in [0.1, 0.15) is 73.4 Å². The standard InChI is InChI=1S/C45H36N2O7/c1-27-5-23-37-39(25-27)43(50)46(41(37)48)30-10-18-34(19-11-30)53-32-14-6-28(7-15-32)45(2,3)29-8-16-33(17-9-29)54-35-20-12-31(13-21-35)47-42(49)38-24-22-36(52-4)26-40(38)44(47)51/h5-26,43,50H,1-4H3. The van der Waals surface area contributed by atoms with Crippen molar-refractivity contribution in [3.05, 3.63) is 172 Å². The van der Waals surface area contributed by atoms with Crippen molar-refractivity contribution in [1.29, 1.82) is 0 Å². The van der Waals surface area contributed by atoms with Crippen LogP contribution in [0.3, 0.4) is 0 Å². The minimum Gasteiger partial charge on any atom is -0.497 e. The number of hydrogen-bond acceptors (Lipinski definition) is 7. The van der Waals surface area contributed by atoms with Crippen molar-refractivity contribution in [2.45, 2.75) is 32.4 Å². The lowest BCUT2D eigenvalue weighted by atomic mass is 9.78. The van der Waals surface area contributed by atoms with Gasteiger partial charge in [0.1, 0.15) is 28.7 Å². The predicted octanol–water partition coefficient (Wildman–Crippen LogP) is 9.37. The lowest BCUT2D eigenvalue weighted by Crippen LogP contribution is -2.29. The molecule has 0 spiro atoms. The normalized spacial score (nSPS) is 15.0. The number of benzene rings is 6. The molecule has 9 heteroatoms. The summed E-state index contributed by atoms with van der Waals surface area (Å²) in [6.07, 6.45) is -1.04. The van der Waals surface area contributed by atoms with E-state index in [-0.39, 0.29) is 17.2 Å². The number of aryl methyl sites for hydroxylation is 1. The summed E-state index contributed by atoms with van der Waals surface area (Å²) in [5, 5.41) is 10.9. The number of rotatable bonds is 9. The first-order valence-electron chi connectivity index (χ1n) is 17.5. The highest BCUT2D eigenvalue weighted by atomic mass is 16.5. The zero-order valence-electron chi connectivity index (χ0n) is 30.1. The van der Waals surface area contributed by atoms with Gasteiger partial charge >= 0.3 is 0 Å². The van der Waals surface area contributed by atoms with E-state index < -0.39 is 12.1 Å². The van der Waals surface area contributed by atoms with Crippen LogP contribution in [0.15, 0.2) is 133 Å². The van der Waals surface area contributed by atoms with Crippen molar-refractivity contribution in [1.82, 2.24) is 0 Å². The van der Waals surface area contributed by atoms with Gasteiger partial charge in [0, 0.05) is 22.2 Å². The molecule has 9 nitrogen and oxygen atoms in total. The minimum atomic E-state index is -1.04. The van der Waals surface area contributed by atoms with E-state index in [0.29, 0.717) is 62.4 Å². The second kappa shape index (κ2) is 13.4. The van der Waals surface area contributed by atoms with Gasteiger partial charge in [0.2, 0.25) is 0 Å². The van der Waals surface area contributed by atoms with Crippen molar-refractivity contribution in [3.63, 3.8) is 0 Å². The van der Waals surface area contributed by atoms with Gasteiger partial charge in [0.05, 0.1) is 23.9 Å². The fraction of sp³-hybridized carbons (Fsp3) is 0.133. The number of amides is 3. The number of fused-ring (bicyclic) bond motifs is 2. The van der Waals surface area contributed by atoms with E-state index in [1.807, 2.05) is 67.6 Å². The fourth-order valence-corrected chi connectivity index (χ4v) is 6.97. The van der Waals surface area contributed by atoms with Crippen molar-refractivity contribution in [2.75, 3.05) is 16.9 Å². The number of nitrogens with zero attached hydrogens (tertiary/aromatic N) is 2. The maximum absolute atomic E-state index is 13.1. The molecular formula is C45H36N2O7. The minimum absolute atomic E-state index is 0.233. The van der Waals surface area contributed by atoms with Gasteiger partial charge < -0.3 is 19.3 Å². The zero-order chi connectivity index (χ0) is 37.7. The molecule has 0 radical (unpaired) electrons. The molecule has 0 saturated carbocycles. The molecule has 6 aromatic rings. The average molecular weight is 717 g/mol. The largest absolute Gasteiger partial charge is 0.497 e. The summed E-state index contributed by atoms with van der Waals surface area (Å²) in [6, 6.07) is 40.1. The van der Waals surface area contributed by atoms with Crippen LogP contribution in [0.4, 0.5) is 11.4 Å². The highest BCUT2D eigenvalue weighted by molar-refractivity contribution is 6.34. The smallest absolute Gasteiger partial charge is 0.266 e. The number of anilines is 2. The van der Waals surface area contributed by atoms with Gasteiger partial charge in [-0.25, -0.2) is 4.90 Å². The number of carbonyl (C=O) groups is 3. The Morgan fingerprint density at radius 2 is 1.00 bits per heavy atom. The Bertz CT molecular complexity index is 2420. The molecule has 1 atom stereocenters. The summed E-state index contributed by atoms with van der Waals surface area (Å²) in [5.41, 5.74) is 5.67. The Balaban J connectivity index is 0.892. The number of aliphatic hydroxyl groups is 1. The molecule has 0 fully saturated rings. The van der Waals surface area contributed by atoms with Gasteiger partial charge in [0.25, 0.3) is 17.7 Å². The van der Waals surface area contributed by atoms with Gasteiger partial charge in [-0.1, -0.05) is 55.8 Å². The molecule has 2 aliphatic rings. The van der Waals surface area contributed by atoms with Crippen LogP contribution in [0, 0.1) is 6.92 Å². The molecule has 0 aliphatic carbocycles. The number of methoxy groups -OCH3 is 1. The van der Waals surface area contributed by atoms with Gasteiger partial charge in [0.15, 0.2) is 6.23 Å². The number of imide groups is 1.